The SMILES string of the molecule is CC(CC(=O)O)NC(=O)C1CC1c1ccc(Cl)cc1Cl. The van der Waals surface area contributed by atoms with Gasteiger partial charge in [-0.1, -0.05) is 29.3 Å². The molecule has 0 radical (unpaired) electrons. The van der Waals surface area contributed by atoms with Crippen molar-refractivity contribution in [2.45, 2.75) is 31.7 Å². The highest BCUT2D eigenvalue weighted by Gasteiger charge is 2.45. The van der Waals surface area contributed by atoms with E-state index in [9.17, 15) is 9.59 Å². The first-order valence-electron chi connectivity index (χ1n) is 6.35. The second-order valence-corrected chi connectivity index (χ2v) is 5.97. The maximum atomic E-state index is 12.0. The number of rotatable bonds is 5. The predicted octanol–water partition coefficient (Wildman–Crippen LogP) is 3.08. The number of carbonyl (C=O) groups is 2. The zero-order chi connectivity index (χ0) is 14.9. The highest BCUT2D eigenvalue weighted by Crippen LogP contribution is 2.50. The second-order valence-electron chi connectivity index (χ2n) is 5.12. The summed E-state index contributed by atoms with van der Waals surface area (Å²) in [6.45, 7) is 1.68. The van der Waals surface area contributed by atoms with Gasteiger partial charge in [-0.2, -0.15) is 0 Å². The largest absolute Gasteiger partial charge is 0.481 e. The van der Waals surface area contributed by atoms with Crippen LogP contribution in [-0.2, 0) is 9.59 Å². The Morgan fingerprint density at radius 3 is 2.75 bits per heavy atom. The molecule has 0 aromatic heterocycles. The topological polar surface area (TPSA) is 66.4 Å². The highest BCUT2D eigenvalue weighted by atomic mass is 35.5. The van der Waals surface area contributed by atoms with Gasteiger partial charge >= 0.3 is 5.97 Å². The third-order valence-corrected chi connectivity index (χ3v) is 3.92. The van der Waals surface area contributed by atoms with E-state index >= 15 is 0 Å². The van der Waals surface area contributed by atoms with E-state index in [-0.39, 0.29) is 30.2 Å². The van der Waals surface area contributed by atoms with Gasteiger partial charge in [0, 0.05) is 22.0 Å². The fourth-order valence-corrected chi connectivity index (χ4v) is 2.84. The Labute approximate surface area is 127 Å². The number of amides is 1. The van der Waals surface area contributed by atoms with E-state index in [1.807, 2.05) is 6.07 Å². The van der Waals surface area contributed by atoms with Gasteiger partial charge in [0.2, 0.25) is 5.91 Å². The van der Waals surface area contributed by atoms with Gasteiger partial charge in [-0.25, -0.2) is 0 Å². The lowest BCUT2D eigenvalue weighted by Gasteiger charge is -2.11. The molecule has 1 aromatic rings. The molecule has 3 atom stereocenters. The first-order chi connectivity index (χ1) is 9.38. The molecule has 108 valence electrons. The summed E-state index contributed by atoms with van der Waals surface area (Å²) in [5.41, 5.74) is 0.919. The molecule has 1 saturated carbocycles. The van der Waals surface area contributed by atoms with E-state index in [1.54, 1.807) is 19.1 Å². The van der Waals surface area contributed by atoms with Crippen molar-refractivity contribution in [2.75, 3.05) is 0 Å². The van der Waals surface area contributed by atoms with Gasteiger partial charge in [-0.05, 0) is 37.0 Å². The quantitative estimate of drug-likeness (QED) is 0.877. The summed E-state index contributed by atoms with van der Waals surface area (Å²) in [4.78, 5) is 22.5. The summed E-state index contributed by atoms with van der Waals surface area (Å²) in [6.07, 6.45) is 0.651. The number of carboxylic acids is 1. The van der Waals surface area contributed by atoms with Crippen LogP contribution in [0.5, 0.6) is 0 Å². The third-order valence-electron chi connectivity index (χ3n) is 3.36. The van der Waals surface area contributed by atoms with Crippen LogP contribution < -0.4 is 5.32 Å². The van der Waals surface area contributed by atoms with Crippen LogP contribution in [0.15, 0.2) is 18.2 Å². The number of benzene rings is 1. The van der Waals surface area contributed by atoms with Crippen molar-refractivity contribution in [1.29, 1.82) is 0 Å². The highest BCUT2D eigenvalue weighted by molar-refractivity contribution is 6.35. The van der Waals surface area contributed by atoms with E-state index in [1.165, 1.54) is 0 Å². The molecule has 2 rings (SSSR count). The van der Waals surface area contributed by atoms with Crippen LogP contribution in [0.3, 0.4) is 0 Å². The minimum atomic E-state index is -0.925. The molecule has 1 fully saturated rings. The fourth-order valence-electron chi connectivity index (χ4n) is 2.29. The number of hydrogen-bond acceptors (Lipinski definition) is 2. The molecule has 1 amide bonds. The van der Waals surface area contributed by atoms with E-state index in [4.69, 9.17) is 28.3 Å². The molecule has 0 heterocycles. The smallest absolute Gasteiger partial charge is 0.305 e. The Kier molecular flexibility index (Phi) is 4.55. The van der Waals surface area contributed by atoms with Gasteiger partial charge in [0.1, 0.15) is 0 Å². The van der Waals surface area contributed by atoms with Crippen molar-refractivity contribution in [3.63, 3.8) is 0 Å². The Hall–Kier alpha value is -1.26. The molecule has 0 spiro atoms. The number of aliphatic carboxylic acids is 1. The summed E-state index contributed by atoms with van der Waals surface area (Å²) >= 11 is 12.0. The molecule has 0 saturated heterocycles. The maximum absolute atomic E-state index is 12.0. The Bertz CT molecular complexity index is 547. The number of carbonyl (C=O) groups excluding carboxylic acids is 1. The molecule has 3 unspecified atom stereocenters. The molecule has 4 nitrogen and oxygen atoms in total. The van der Waals surface area contributed by atoms with E-state index < -0.39 is 5.97 Å². The fraction of sp³-hybridized carbons (Fsp3) is 0.429. The zero-order valence-corrected chi connectivity index (χ0v) is 12.4. The van der Waals surface area contributed by atoms with E-state index in [0.717, 1.165) is 12.0 Å². The minimum Gasteiger partial charge on any atom is -0.481 e. The Morgan fingerprint density at radius 1 is 1.45 bits per heavy atom. The minimum absolute atomic E-state index is 0.0785. The van der Waals surface area contributed by atoms with Crippen molar-refractivity contribution >= 4 is 35.1 Å². The van der Waals surface area contributed by atoms with Crippen molar-refractivity contribution in [3.05, 3.63) is 33.8 Å². The maximum Gasteiger partial charge on any atom is 0.305 e. The lowest BCUT2D eigenvalue weighted by atomic mass is 10.1. The van der Waals surface area contributed by atoms with Gasteiger partial charge in [-0.15, -0.1) is 0 Å². The molecule has 1 aromatic carbocycles. The first kappa shape index (κ1) is 15.1. The lowest BCUT2D eigenvalue weighted by molar-refractivity contribution is -0.137. The Morgan fingerprint density at radius 2 is 2.15 bits per heavy atom. The molecule has 0 aliphatic heterocycles. The van der Waals surface area contributed by atoms with Gasteiger partial charge in [0.05, 0.1) is 6.42 Å². The lowest BCUT2D eigenvalue weighted by Crippen LogP contribution is -2.35. The summed E-state index contributed by atoms with van der Waals surface area (Å²) in [7, 11) is 0. The van der Waals surface area contributed by atoms with Crippen LogP contribution in [0.25, 0.3) is 0 Å². The monoisotopic (exact) mass is 315 g/mol. The molecule has 20 heavy (non-hydrogen) atoms. The first-order valence-corrected chi connectivity index (χ1v) is 7.11. The second kappa shape index (κ2) is 6.02. The van der Waals surface area contributed by atoms with Crippen LogP contribution in [0.2, 0.25) is 10.0 Å². The zero-order valence-electron chi connectivity index (χ0n) is 10.9. The van der Waals surface area contributed by atoms with Gasteiger partial charge in [-0.3, -0.25) is 9.59 Å². The summed E-state index contributed by atoms with van der Waals surface area (Å²) in [5, 5.41) is 12.5. The molecule has 0 bridgehead atoms. The average molecular weight is 316 g/mol. The number of carboxylic acid groups (broad SMARTS) is 1. The van der Waals surface area contributed by atoms with Crippen LogP contribution in [-0.4, -0.2) is 23.0 Å². The van der Waals surface area contributed by atoms with Crippen molar-refractivity contribution in [1.82, 2.24) is 5.32 Å². The van der Waals surface area contributed by atoms with Crippen molar-refractivity contribution in [3.8, 4) is 0 Å². The van der Waals surface area contributed by atoms with Gasteiger partial charge in [0.25, 0.3) is 0 Å². The van der Waals surface area contributed by atoms with Crippen molar-refractivity contribution < 1.29 is 14.7 Å². The van der Waals surface area contributed by atoms with Crippen LogP contribution in [0, 0.1) is 5.92 Å². The molecule has 6 heteroatoms. The molecule has 1 aliphatic carbocycles. The third kappa shape index (κ3) is 3.64. The van der Waals surface area contributed by atoms with E-state index in [0.29, 0.717) is 10.0 Å². The number of halogens is 2. The van der Waals surface area contributed by atoms with Crippen LogP contribution in [0.1, 0.15) is 31.2 Å². The summed E-state index contributed by atoms with van der Waals surface area (Å²) in [6, 6.07) is 4.88. The van der Waals surface area contributed by atoms with Crippen molar-refractivity contribution in [2.24, 2.45) is 5.92 Å². The van der Waals surface area contributed by atoms with E-state index in [2.05, 4.69) is 5.32 Å². The normalized spacial score (nSPS) is 22.1. The standard InChI is InChI=1S/C14H15Cl2NO3/c1-7(4-13(18)19)17-14(20)11-6-10(11)9-3-2-8(15)5-12(9)16/h2-3,5,7,10-11H,4,6H2,1H3,(H,17,20)(H,18,19). The molecule has 2 N–H and O–H groups in total. The van der Waals surface area contributed by atoms with Gasteiger partial charge < -0.3 is 10.4 Å². The number of hydrogen-bond donors (Lipinski definition) is 2. The summed E-state index contributed by atoms with van der Waals surface area (Å²) < 4.78 is 0. The predicted molar refractivity (Wildman–Crippen MR) is 77.2 cm³/mol. The average Bonchev–Trinajstić information content (AvgIpc) is 3.07. The van der Waals surface area contributed by atoms with Crippen LogP contribution in [0.4, 0.5) is 0 Å². The van der Waals surface area contributed by atoms with Gasteiger partial charge in [0.15, 0.2) is 0 Å². The Balaban J connectivity index is 1.94. The molecule has 1 aliphatic rings. The summed E-state index contributed by atoms with van der Waals surface area (Å²) in [5.74, 6) is -1.08. The van der Waals surface area contributed by atoms with Crippen LogP contribution >= 0.6 is 23.2 Å². The molecular formula is C14H15Cl2NO3. The molecular weight excluding hydrogens is 301 g/mol. The number of nitrogens with one attached hydrogen (secondary N) is 1.